The summed E-state index contributed by atoms with van der Waals surface area (Å²) in [7, 11) is -2.34. The molecule has 188 valence electrons. The molecule has 0 bridgehead atoms. The fraction of sp³-hybridized carbons (Fsp3) is 0.640. The van der Waals surface area contributed by atoms with Crippen molar-refractivity contribution in [1.82, 2.24) is 4.90 Å². The molecule has 0 saturated carbocycles. The van der Waals surface area contributed by atoms with Gasteiger partial charge in [-0.3, -0.25) is 4.79 Å². The van der Waals surface area contributed by atoms with Gasteiger partial charge in [0.1, 0.15) is 18.3 Å². The zero-order valence-electron chi connectivity index (χ0n) is 21.6. The van der Waals surface area contributed by atoms with Crippen LogP contribution in [-0.2, 0) is 34.8 Å². The summed E-state index contributed by atoms with van der Waals surface area (Å²) in [4.78, 5) is 40.8. The first kappa shape index (κ1) is 26.4. The van der Waals surface area contributed by atoms with E-state index in [0.29, 0.717) is 0 Å². The van der Waals surface area contributed by atoms with E-state index in [2.05, 4.69) is 33.9 Å². The Labute approximate surface area is 203 Å². The van der Waals surface area contributed by atoms with Crippen LogP contribution in [0.15, 0.2) is 30.3 Å². The molecule has 2 heterocycles. The van der Waals surface area contributed by atoms with E-state index in [1.807, 2.05) is 30.3 Å². The Morgan fingerprint density at radius 2 is 1.68 bits per heavy atom. The smallest absolute Gasteiger partial charge is 0.417 e. The van der Waals surface area contributed by atoms with Crippen molar-refractivity contribution in [3.8, 4) is 0 Å². The van der Waals surface area contributed by atoms with Gasteiger partial charge >= 0.3 is 12.1 Å². The van der Waals surface area contributed by atoms with Crippen LogP contribution in [-0.4, -0.2) is 60.6 Å². The van der Waals surface area contributed by atoms with Gasteiger partial charge in [-0.2, -0.15) is 0 Å². The number of epoxide rings is 1. The molecule has 0 aromatic heterocycles. The SMILES string of the molecule is C[C@@H]1[C@@H](O[Si](C)(C)C(C)(C)C)[C@@H]2O[C@]2(C(=O)OCc2ccccc2)C(=O)N1C(=O)OC(C)(C)C. The molecule has 2 saturated heterocycles. The number of hydrogen-bond acceptors (Lipinski definition) is 7. The molecule has 34 heavy (non-hydrogen) atoms. The summed E-state index contributed by atoms with van der Waals surface area (Å²) in [6.45, 7) is 17.3. The standard InChI is InChI=1S/C25H37NO7Si/c1-16-18(33-34(8,9)24(5,6)7)19-25(31-19,20(27)26(16)22(29)32-23(2,3)4)21(28)30-15-17-13-11-10-12-14-17/h10-14,16,18-19H,15H2,1-9H3/t16-,18-,19+,25+/m1/s1. The largest absolute Gasteiger partial charge is 0.458 e. The highest BCUT2D eigenvalue weighted by atomic mass is 28.4. The van der Waals surface area contributed by atoms with Crippen molar-refractivity contribution >= 4 is 26.3 Å². The van der Waals surface area contributed by atoms with Crippen LogP contribution in [0.2, 0.25) is 18.1 Å². The van der Waals surface area contributed by atoms with Gasteiger partial charge in [-0.25, -0.2) is 14.5 Å². The van der Waals surface area contributed by atoms with Gasteiger partial charge in [0, 0.05) is 0 Å². The molecular formula is C25H37NO7Si. The summed E-state index contributed by atoms with van der Waals surface area (Å²) in [6, 6.07) is 8.47. The number of rotatable bonds is 5. The van der Waals surface area contributed by atoms with Gasteiger partial charge in [0.2, 0.25) is 0 Å². The van der Waals surface area contributed by atoms with Crippen molar-refractivity contribution < 1.29 is 33.0 Å². The number of ether oxygens (including phenoxy) is 3. The average Bonchev–Trinajstić information content (AvgIpc) is 3.45. The lowest BCUT2D eigenvalue weighted by atomic mass is 9.90. The maximum Gasteiger partial charge on any atom is 0.417 e. The van der Waals surface area contributed by atoms with Crippen LogP contribution in [0.5, 0.6) is 0 Å². The van der Waals surface area contributed by atoms with Crippen LogP contribution in [0.3, 0.4) is 0 Å². The molecule has 2 aliphatic rings. The third-order valence-corrected chi connectivity index (χ3v) is 11.2. The molecule has 2 aliphatic heterocycles. The van der Waals surface area contributed by atoms with Gasteiger partial charge < -0.3 is 18.6 Å². The van der Waals surface area contributed by atoms with Crippen LogP contribution in [0.1, 0.15) is 54.0 Å². The Balaban J connectivity index is 1.92. The van der Waals surface area contributed by atoms with Crippen molar-refractivity contribution in [2.75, 3.05) is 0 Å². The maximum atomic E-state index is 13.5. The summed E-state index contributed by atoms with van der Waals surface area (Å²) in [5.74, 6) is -1.59. The third kappa shape index (κ3) is 4.92. The molecule has 8 nitrogen and oxygen atoms in total. The Hall–Kier alpha value is -2.23. The molecule has 9 heteroatoms. The Morgan fingerprint density at radius 3 is 2.21 bits per heavy atom. The monoisotopic (exact) mass is 491 g/mol. The van der Waals surface area contributed by atoms with Crippen LogP contribution in [0.4, 0.5) is 4.79 Å². The molecule has 0 radical (unpaired) electrons. The van der Waals surface area contributed by atoms with Crippen molar-refractivity contribution in [3.05, 3.63) is 35.9 Å². The predicted octanol–water partition coefficient (Wildman–Crippen LogP) is 4.42. The minimum Gasteiger partial charge on any atom is -0.458 e. The van der Waals surface area contributed by atoms with Gasteiger partial charge in [0.05, 0.1) is 12.1 Å². The fourth-order valence-electron chi connectivity index (χ4n) is 3.72. The predicted molar refractivity (Wildman–Crippen MR) is 128 cm³/mol. The molecule has 3 rings (SSSR count). The van der Waals surface area contributed by atoms with E-state index in [-0.39, 0.29) is 11.6 Å². The molecule has 0 spiro atoms. The van der Waals surface area contributed by atoms with E-state index < -0.39 is 55.7 Å². The van der Waals surface area contributed by atoms with E-state index in [1.165, 1.54) is 0 Å². The van der Waals surface area contributed by atoms with E-state index >= 15 is 0 Å². The van der Waals surface area contributed by atoms with Crippen molar-refractivity contribution in [2.24, 2.45) is 0 Å². The lowest BCUT2D eigenvalue weighted by Crippen LogP contribution is -2.65. The fourth-order valence-corrected chi connectivity index (χ4v) is 5.07. The van der Waals surface area contributed by atoms with Gasteiger partial charge in [-0.05, 0) is 51.4 Å². The summed E-state index contributed by atoms with van der Waals surface area (Å²) in [6.07, 6.45) is -2.35. The van der Waals surface area contributed by atoms with Crippen LogP contribution < -0.4 is 0 Å². The van der Waals surface area contributed by atoms with Gasteiger partial charge in [-0.15, -0.1) is 0 Å². The highest BCUT2D eigenvalue weighted by Crippen LogP contribution is 2.50. The van der Waals surface area contributed by atoms with E-state index in [4.69, 9.17) is 18.6 Å². The van der Waals surface area contributed by atoms with Crippen molar-refractivity contribution in [2.45, 2.75) is 103 Å². The number of fused-ring (bicyclic) bond motifs is 1. The zero-order valence-corrected chi connectivity index (χ0v) is 22.6. The lowest BCUT2D eigenvalue weighted by molar-refractivity contribution is -0.161. The molecule has 0 N–H and O–H groups in total. The third-order valence-electron chi connectivity index (χ3n) is 6.72. The highest BCUT2D eigenvalue weighted by molar-refractivity contribution is 6.74. The number of likely N-dealkylation sites (tertiary alicyclic amines) is 1. The number of hydrogen-bond donors (Lipinski definition) is 0. The second kappa shape index (κ2) is 8.77. The maximum absolute atomic E-state index is 13.5. The van der Waals surface area contributed by atoms with Crippen LogP contribution in [0, 0.1) is 0 Å². The van der Waals surface area contributed by atoms with E-state index in [1.54, 1.807) is 27.7 Å². The van der Waals surface area contributed by atoms with Crippen molar-refractivity contribution in [1.29, 1.82) is 0 Å². The summed E-state index contributed by atoms with van der Waals surface area (Å²) in [5.41, 5.74) is -1.96. The Kier molecular flexibility index (Phi) is 6.80. The molecular weight excluding hydrogens is 454 g/mol. The van der Waals surface area contributed by atoms with Crippen molar-refractivity contribution in [3.63, 3.8) is 0 Å². The number of imide groups is 1. The molecule has 0 unspecified atom stereocenters. The molecule has 4 atom stereocenters. The minimum absolute atomic E-state index is 0.0134. The lowest BCUT2D eigenvalue weighted by Gasteiger charge is -2.44. The zero-order chi connectivity index (χ0) is 25.7. The van der Waals surface area contributed by atoms with Gasteiger partial charge in [0.25, 0.3) is 11.5 Å². The summed E-state index contributed by atoms with van der Waals surface area (Å²) < 4.78 is 23.4. The van der Waals surface area contributed by atoms with Crippen LogP contribution in [0.25, 0.3) is 0 Å². The first-order valence-corrected chi connectivity index (χ1v) is 14.6. The number of piperidine rings is 1. The number of amides is 2. The second-order valence-corrected chi connectivity index (χ2v) is 16.3. The number of nitrogens with zero attached hydrogens (tertiary/aromatic N) is 1. The molecule has 0 aliphatic carbocycles. The first-order valence-electron chi connectivity index (χ1n) is 11.6. The first-order chi connectivity index (χ1) is 15.5. The van der Waals surface area contributed by atoms with Crippen LogP contribution >= 0.6 is 0 Å². The highest BCUT2D eigenvalue weighted by Gasteiger charge is 2.79. The topological polar surface area (TPSA) is 94.7 Å². The minimum atomic E-state index is -2.34. The number of benzene rings is 1. The van der Waals surface area contributed by atoms with E-state index in [9.17, 15) is 14.4 Å². The summed E-state index contributed by atoms with van der Waals surface area (Å²) >= 11 is 0. The van der Waals surface area contributed by atoms with Gasteiger partial charge in [-0.1, -0.05) is 51.1 Å². The average molecular weight is 492 g/mol. The molecule has 1 aromatic rings. The Morgan fingerprint density at radius 1 is 1.09 bits per heavy atom. The van der Waals surface area contributed by atoms with Gasteiger partial charge in [0.15, 0.2) is 8.32 Å². The Bertz CT molecular complexity index is 950. The molecule has 2 amide bonds. The second-order valence-electron chi connectivity index (χ2n) is 11.6. The van der Waals surface area contributed by atoms with E-state index in [0.717, 1.165) is 10.5 Å². The number of carbonyl (C=O) groups excluding carboxylic acids is 3. The summed E-state index contributed by atoms with van der Waals surface area (Å²) in [5, 5.41) is -0.129. The normalized spacial score (nSPS) is 27.1. The quantitative estimate of drug-likeness (QED) is 0.260. The molecule has 2 fully saturated rings. The molecule has 1 aromatic carbocycles. The number of esters is 1. The number of carbonyl (C=O) groups is 3.